The highest BCUT2D eigenvalue weighted by molar-refractivity contribution is 6.05. The number of amides is 1. The Morgan fingerprint density at radius 3 is 2.44 bits per heavy atom. The van der Waals surface area contributed by atoms with Crippen LogP contribution in [0.3, 0.4) is 0 Å². The van der Waals surface area contributed by atoms with Crippen LogP contribution in [-0.2, 0) is 0 Å². The molecule has 1 heterocycles. The van der Waals surface area contributed by atoms with Crippen molar-refractivity contribution in [3.63, 3.8) is 0 Å². The zero-order valence-electron chi connectivity index (χ0n) is 18.9. The number of rotatable bonds is 5. The van der Waals surface area contributed by atoms with Gasteiger partial charge in [-0.15, -0.1) is 0 Å². The summed E-state index contributed by atoms with van der Waals surface area (Å²) in [5, 5.41) is 3.62. The average molecular weight is 426 g/mol. The van der Waals surface area contributed by atoms with Gasteiger partial charge in [-0.3, -0.25) is 9.59 Å². The first-order valence-corrected chi connectivity index (χ1v) is 10.9. The van der Waals surface area contributed by atoms with Crippen molar-refractivity contribution in [2.24, 2.45) is 0 Å². The van der Waals surface area contributed by atoms with Gasteiger partial charge in [0.25, 0.3) is 5.91 Å². The second kappa shape index (κ2) is 8.83. The van der Waals surface area contributed by atoms with Gasteiger partial charge < -0.3 is 9.73 Å². The second-order valence-electron chi connectivity index (χ2n) is 8.36. The number of carbonyl (C=O) groups is 1. The Bertz CT molecular complexity index is 1350. The molecule has 1 atom stereocenters. The molecule has 0 bridgehead atoms. The molecule has 0 saturated carbocycles. The number of carbonyl (C=O) groups excluding carboxylic acids is 1. The first-order chi connectivity index (χ1) is 15.4. The second-order valence-corrected chi connectivity index (χ2v) is 8.36. The highest BCUT2D eigenvalue weighted by Gasteiger charge is 2.14. The smallest absolute Gasteiger partial charge is 0.255 e. The van der Waals surface area contributed by atoms with Gasteiger partial charge in [0.15, 0.2) is 5.43 Å². The SMILES string of the molecule is CCC(C)c1ccccc1NC(=O)c1ccc(-c2cc(=O)c3cc(C)cc(C)c3o2)cc1. The third-order valence-corrected chi connectivity index (χ3v) is 5.94. The molecule has 1 amide bonds. The number of hydrogen-bond donors (Lipinski definition) is 1. The number of nitrogens with one attached hydrogen (secondary N) is 1. The van der Waals surface area contributed by atoms with Crippen molar-refractivity contribution < 1.29 is 9.21 Å². The Morgan fingerprint density at radius 2 is 1.72 bits per heavy atom. The maximum atomic E-state index is 12.8. The summed E-state index contributed by atoms with van der Waals surface area (Å²) in [6.07, 6.45) is 0.998. The Kier molecular flexibility index (Phi) is 5.95. The van der Waals surface area contributed by atoms with Gasteiger partial charge in [-0.25, -0.2) is 0 Å². The maximum absolute atomic E-state index is 12.8. The molecule has 1 unspecified atom stereocenters. The molecule has 4 aromatic rings. The summed E-state index contributed by atoms with van der Waals surface area (Å²) < 4.78 is 6.06. The van der Waals surface area contributed by atoms with Crippen LogP contribution in [0.1, 0.15) is 53.2 Å². The van der Waals surface area contributed by atoms with Crippen LogP contribution in [-0.4, -0.2) is 5.91 Å². The molecule has 0 aliphatic heterocycles. The molecule has 1 N–H and O–H groups in total. The summed E-state index contributed by atoms with van der Waals surface area (Å²) in [7, 11) is 0. The predicted octanol–water partition coefficient (Wildman–Crippen LogP) is 6.84. The van der Waals surface area contributed by atoms with Crippen LogP contribution < -0.4 is 10.7 Å². The minimum absolute atomic E-state index is 0.0727. The van der Waals surface area contributed by atoms with Crippen LogP contribution in [0.4, 0.5) is 5.69 Å². The molecule has 0 spiro atoms. The van der Waals surface area contributed by atoms with Crippen molar-refractivity contribution in [1.82, 2.24) is 0 Å². The summed E-state index contributed by atoms with van der Waals surface area (Å²) >= 11 is 0. The van der Waals surface area contributed by atoms with Crippen molar-refractivity contribution in [2.75, 3.05) is 5.32 Å². The Hall–Kier alpha value is -3.66. The van der Waals surface area contributed by atoms with Gasteiger partial charge >= 0.3 is 0 Å². The number of para-hydroxylation sites is 1. The van der Waals surface area contributed by atoms with E-state index in [-0.39, 0.29) is 11.3 Å². The maximum Gasteiger partial charge on any atom is 0.255 e. The molecule has 0 aliphatic carbocycles. The Morgan fingerprint density at radius 1 is 1.00 bits per heavy atom. The number of hydrogen-bond acceptors (Lipinski definition) is 3. The molecule has 1 aromatic heterocycles. The number of fused-ring (bicyclic) bond motifs is 1. The fourth-order valence-electron chi connectivity index (χ4n) is 3.99. The molecule has 0 aliphatic rings. The zero-order valence-corrected chi connectivity index (χ0v) is 18.9. The Balaban J connectivity index is 1.62. The van der Waals surface area contributed by atoms with Crippen LogP contribution in [0.5, 0.6) is 0 Å². The Labute approximate surface area is 187 Å². The number of aryl methyl sites for hydroxylation is 2. The van der Waals surface area contributed by atoms with E-state index in [2.05, 4.69) is 25.2 Å². The van der Waals surface area contributed by atoms with Crippen LogP contribution in [0.25, 0.3) is 22.3 Å². The molecule has 0 radical (unpaired) electrons. The van der Waals surface area contributed by atoms with E-state index in [1.54, 1.807) is 12.1 Å². The summed E-state index contributed by atoms with van der Waals surface area (Å²) in [6, 6.07) is 20.4. The van der Waals surface area contributed by atoms with E-state index < -0.39 is 0 Å². The van der Waals surface area contributed by atoms with Crippen LogP contribution in [0.2, 0.25) is 0 Å². The lowest BCUT2D eigenvalue weighted by Crippen LogP contribution is -2.13. The van der Waals surface area contributed by atoms with Crippen molar-refractivity contribution in [1.29, 1.82) is 0 Å². The fourth-order valence-corrected chi connectivity index (χ4v) is 3.99. The van der Waals surface area contributed by atoms with E-state index in [0.29, 0.717) is 28.2 Å². The summed E-state index contributed by atoms with van der Waals surface area (Å²) in [6.45, 7) is 8.19. The molecule has 4 nitrogen and oxygen atoms in total. The first-order valence-electron chi connectivity index (χ1n) is 10.9. The van der Waals surface area contributed by atoms with E-state index in [4.69, 9.17) is 4.42 Å². The molecule has 3 aromatic carbocycles. The van der Waals surface area contributed by atoms with E-state index in [9.17, 15) is 9.59 Å². The molecule has 32 heavy (non-hydrogen) atoms. The first kappa shape index (κ1) is 21.6. The zero-order chi connectivity index (χ0) is 22.8. The normalized spacial score (nSPS) is 12.0. The van der Waals surface area contributed by atoms with E-state index in [0.717, 1.165) is 34.4 Å². The lowest BCUT2D eigenvalue weighted by atomic mass is 9.96. The summed E-state index contributed by atoms with van der Waals surface area (Å²) in [4.78, 5) is 25.5. The van der Waals surface area contributed by atoms with Crippen molar-refractivity contribution in [2.45, 2.75) is 40.0 Å². The topological polar surface area (TPSA) is 59.3 Å². The van der Waals surface area contributed by atoms with Crippen molar-refractivity contribution in [3.05, 3.63) is 99.2 Å². The van der Waals surface area contributed by atoms with Gasteiger partial charge in [-0.1, -0.05) is 50.2 Å². The minimum atomic E-state index is -0.168. The standard InChI is InChI=1S/C28H27NO3/c1-5-18(3)22-8-6-7-9-24(22)29-28(31)21-12-10-20(11-13-21)26-16-25(30)23-15-17(2)14-19(4)27(23)32-26/h6-16,18H,5H2,1-4H3,(H,29,31). The lowest BCUT2D eigenvalue weighted by Gasteiger charge is -2.15. The molecular formula is C28H27NO3. The third-order valence-electron chi connectivity index (χ3n) is 5.94. The lowest BCUT2D eigenvalue weighted by molar-refractivity contribution is 0.102. The van der Waals surface area contributed by atoms with Gasteiger partial charge in [-0.05, 0) is 67.1 Å². The molecule has 162 valence electrons. The fraction of sp³-hybridized carbons (Fsp3) is 0.214. The largest absolute Gasteiger partial charge is 0.456 e. The number of anilines is 1. The molecule has 0 saturated heterocycles. The number of benzene rings is 3. The molecule has 4 rings (SSSR count). The minimum Gasteiger partial charge on any atom is -0.456 e. The van der Waals surface area contributed by atoms with Crippen molar-refractivity contribution in [3.8, 4) is 11.3 Å². The van der Waals surface area contributed by atoms with Crippen LogP contribution in [0.15, 0.2) is 75.9 Å². The van der Waals surface area contributed by atoms with Crippen molar-refractivity contribution >= 4 is 22.6 Å². The monoisotopic (exact) mass is 425 g/mol. The van der Waals surface area contributed by atoms with Gasteiger partial charge in [0.1, 0.15) is 11.3 Å². The van der Waals surface area contributed by atoms with Crippen LogP contribution >= 0.6 is 0 Å². The van der Waals surface area contributed by atoms with Gasteiger partial charge in [-0.2, -0.15) is 0 Å². The summed E-state index contributed by atoms with van der Waals surface area (Å²) in [5.74, 6) is 0.680. The van der Waals surface area contributed by atoms with Gasteiger partial charge in [0.2, 0.25) is 0 Å². The van der Waals surface area contributed by atoms with E-state index in [1.165, 1.54) is 6.07 Å². The van der Waals surface area contributed by atoms with Gasteiger partial charge in [0, 0.05) is 22.9 Å². The quantitative estimate of drug-likeness (QED) is 0.381. The molecule has 4 heteroatoms. The van der Waals surface area contributed by atoms with Gasteiger partial charge in [0.05, 0.1) is 5.39 Å². The molecule has 0 fully saturated rings. The van der Waals surface area contributed by atoms with E-state index in [1.807, 2.05) is 56.3 Å². The predicted molar refractivity (Wildman–Crippen MR) is 130 cm³/mol. The molecular weight excluding hydrogens is 398 g/mol. The van der Waals surface area contributed by atoms with Crippen LogP contribution in [0, 0.1) is 13.8 Å². The van der Waals surface area contributed by atoms with E-state index >= 15 is 0 Å². The average Bonchev–Trinajstić information content (AvgIpc) is 2.79. The highest BCUT2D eigenvalue weighted by atomic mass is 16.3. The summed E-state index contributed by atoms with van der Waals surface area (Å²) in [5.41, 5.74) is 5.74. The highest BCUT2D eigenvalue weighted by Crippen LogP contribution is 2.28. The third kappa shape index (κ3) is 4.22.